The highest BCUT2D eigenvalue weighted by molar-refractivity contribution is 5.74. The van der Waals surface area contributed by atoms with E-state index in [2.05, 4.69) is 0 Å². The maximum atomic E-state index is 11.8. The van der Waals surface area contributed by atoms with Gasteiger partial charge in [-0.05, 0) is 33.6 Å². The minimum absolute atomic E-state index is 0.275. The molecule has 1 saturated carbocycles. The number of nitrogens with zero attached hydrogens (tertiary/aromatic N) is 1. The highest BCUT2D eigenvalue weighted by atomic mass is 16.6. The zero-order valence-electron chi connectivity index (χ0n) is 11.5. The summed E-state index contributed by atoms with van der Waals surface area (Å²) in [6.45, 7) is 6.09. The Morgan fingerprint density at radius 3 is 2.37 bits per heavy atom. The van der Waals surface area contributed by atoms with Crippen LogP contribution >= 0.6 is 0 Å². The SMILES string of the molecule is CC(C)(C)OC(=O)N1CC2(CC(O)CC2C(=O)O)C1. The second-order valence-corrected chi connectivity index (χ2v) is 6.68. The van der Waals surface area contributed by atoms with Crippen molar-refractivity contribution in [2.75, 3.05) is 13.1 Å². The van der Waals surface area contributed by atoms with Crippen LogP contribution in [0.15, 0.2) is 0 Å². The number of amides is 1. The molecule has 108 valence electrons. The maximum absolute atomic E-state index is 11.8. The number of aliphatic hydroxyl groups excluding tert-OH is 1. The molecule has 6 heteroatoms. The van der Waals surface area contributed by atoms with Gasteiger partial charge in [0.15, 0.2) is 0 Å². The van der Waals surface area contributed by atoms with Crippen LogP contribution < -0.4 is 0 Å². The van der Waals surface area contributed by atoms with Crippen LogP contribution in [0.5, 0.6) is 0 Å². The van der Waals surface area contributed by atoms with Crippen LogP contribution in [0.25, 0.3) is 0 Å². The van der Waals surface area contributed by atoms with E-state index in [0.29, 0.717) is 19.5 Å². The van der Waals surface area contributed by atoms with Gasteiger partial charge in [-0.15, -0.1) is 0 Å². The number of hydrogen-bond donors (Lipinski definition) is 2. The zero-order chi connectivity index (χ0) is 14.4. The predicted molar refractivity (Wildman–Crippen MR) is 66.6 cm³/mol. The summed E-state index contributed by atoms with van der Waals surface area (Å²) in [6.07, 6.45) is -0.272. The van der Waals surface area contributed by atoms with Gasteiger partial charge in [0.1, 0.15) is 5.60 Å². The monoisotopic (exact) mass is 271 g/mol. The van der Waals surface area contributed by atoms with E-state index in [1.165, 1.54) is 4.90 Å². The molecule has 0 radical (unpaired) electrons. The lowest BCUT2D eigenvalue weighted by Crippen LogP contribution is -2.61. The molecular formula is C13H21NO5. The van der Waals surface area contributed by atoms with Crippen molar-refractivity contribution in [2.45, 2.75) is 45.3 Å². The first-order valence-electron chi connectivity index (χ1n) is 6.52. The molecule has 1 spiro atoms. The molecule has 1 aliphatic heterocycles. The summed E-state index contributed by atoms with van der Waals surface area (Å²) in [5.41, 5.74) is -1.02. The Bertz CT molecular complexity index is 394. The number of carbonyl (C=O) groups excluding carboxylic acids is 1. The number of carboxylic acid groups (broad SMARTS) is 1. The summed E-state index contributed by atoms with van der Waals surface area (Å²) in [6, 6.07) is 0. The van der Waals surface area contributed by atoms with Gasteiger partial charge in [-0.1, -0.05) is 0 Å². The van der Waals surface area contributed by atoms with Crippen LogP contribution in [0.2, 0.25) is 0 Å². The van der Waals surface area contributed by atoms with Gasteiger partial charge in [-0.2, -0.15) is 0 Å². The first kappa shape index (κ1) is 14.1. The second kappa shape index (κ2) is 4.37. The van der Waals surface area contributed by atoms with Gasteiger partial charge in [-0.3, -0.25) is 4.79 Å². The molecule has 2 fully saturated rings. The molecule has 1 amide bonds. The van der Waals surface area contributed by atoms with Gasteiger partial charge in [0.05, 0.1) is 12.0 Å². The summed E-state index contributed by atoms with van der Waals surface area (Å²) in [5.74, 6) is -1.46. The van der Waals surface area contributed by atoms with Crippen LogP contribution in [-0.2, 0) is 9.53 Å². The molecule has 0 aromatic heterocycles. The lowest BCUT2D eigenvalue weighted by Gasteiger charge is -2.50. The Labute approximate surface area is 112 Å². The highest BCUT2D eigenvalue weighted by Gasteiger charge is 2.58. The number of carbonyl (C=O) groups is 2. The summed E-state index contributed by atoms with van der Waals surface area (Å²) in [5, 5.41) is 18.9. The summed E-state index contributed by atoms with van der Waals surface area (Å²) >= 11 is 0. The lowest BCUT2D eigenvalue weighted by atomic mass is 9.71. The lowest BCUT2D eigenvalue weighted by molar-refractivity contribution is -0.150. The van der Waals surface area contributed by atoms with Crippen molar-refractivity contribution < 1.29 is 24.5 Å². The molecule has 19 heavy (non-hydrogen) atoms. The van der Waals surface area contributed by atoms with Crippen LogP contribution in [0.3, 0.4) is 0 Å². The van der Waals surface area contributed by atoms with Gasteiger partial charge in [0, 0.05) is 18.5 Å². The van der Waals surface area contributed by atoms with E-state index in [4.69, 9.17) is 4.74 Å². The second-order valence-electron chi connectivity index (χ2n) is 6.68. The largest absolute Gasteiger partial charge is 0.481 e. The molecule has 0 bridgehead atoms. The number of hydrogen-bond acceptors (Lipinski definition) is 4. The number of carboxylic acids is 1. The average Bonchev–Trinajstić information content (AvgIpc) is 2.50. The van der Waals surface area contributed by atoms with Crippen LogP contribution in [0.4, 0.5) is 4.79 Å². The van der Waals surface area contributed by atoms with Gasteiger partial charge in [-0.25, -0.2) is 4.79 Å². The van der Waals surface area contributed by atoms with E-state index in [0.717, 1.165) is 0 Å². The first-order chi connectivity index (χ1) is 8.63. The molecule has 1 aliphatic carbocycles. The standard InChI is InChI=1S/C13H21NO5/c1-12(2,3)19-11(18)14-6-13(7-14)5-8(15)4-9(13)10(16)17/h8-9,15H,4-7H2,1-3H3,(H,16,17). The first-order valence-corrected chi connectivity index (χ1v) is 6.52. The van der Waals surface area contributed by atoms with Crippen LogP contribution in [-0.4, -0.2) is 52.0 Å². The minimum Gasteiger partial charge on any atom is -0.481 e. The minimum atomic E-state index is -0.889. The van der Waals surface area contributed by atoms with E-state index in [-0.39, 0.29) is 6.42 Å². The number of aliphatic carboxylic acids is 1. The molecule has 1 saturated heterocycles. The summed E-state index contributed by atoms with van der Waals surface area (Å²) in [7, 11) is 0. The fourth-order valence-corrected chi connectivity index (χ4v) is 3.10. The predicted octanol–water partition coefficient (Wildman–Crippen LogP) is 1.08. The average molecular weight is 271 g/mol. The van der Waals surface area contributed by atoms with E-state index in [1.54, 1.807) is 20.8 Å². The summed E-state index contributed by atoms with van der Waals surface area (Å²) in [4.78, 5) is 24.6. The fourth-order valence-electron chi connectivity index (χ4n) is 3.10. The Hall–Kier alpha value is -1.30. The van der Waals surface area contributed by atoms with Crippen molar-refractivity contribution in [1.82, 2.24) is 4.90 Å². The highest BCUT2D eigenvalue weighted by Crippen LogP contribution is 2.50. The van der Waals surface area contributed by atoms with Crippen molar-refractivity contribution in [2.24, 2.45) is 11.3 Å². The molecule has 2 atom stereocenters. The van der Waals surface area contributed by atoms with Crippen LogP contribution in [0.1, 0.15) is 33.6 Å². The van der Waals surface area contributed by atoms with Gasteiger partial charge < -0.3 is 19.8 Å². The molecule has 2 rings (SSSR count). The Kier molecular flexibility index (Phi) is 3.24. The molecule has 2 aliphatic rings. The van der Waals surface area contributed by atoms with Crippen molar-refractivity contribution >= 4 is 12.1 Å². The Morgan fingerprint density at radius 2 is 1.89 bits per heavy atom. The third-order valence-electron chi connectivity index (χ3n) is 3.85. The van der Waals surface area contributed by atoms with Crippen molar-refractivity contribution in [1.29, 1.82) is 0 Å². The molecule has 2 unspecified atom stereocenters. The van der Waals surface area contributed by atoms with Crippen molar-refractivity contribution in [3.8, 4) is 0 Å². The van der Waals surface area contributed by atoms with Crippen LogP contribution in [0, 0.1) is 11.3 Å². The van der Waals surface area contributed by atoms with E-state index in [9.17, 15) is 19.8 Å². The molecule has 2 N–H and O–H groups in total. The maximum Gasteiger partial charge on any atom is 0.410 e. The third-order valence-corrected chi connectivity index (χ3v) is 3.85. The summed E-state index contributed by atoms with van der Waals surface area (Å²) < 4.78 is 5.24. The van der Waals surface area contributed by atoms with Gasteiger partial charge >= 0.3 is 12.1 Å². The van der Waals surface area contributed by atoms with E-state index < -0.39 is 35.1 Å². The van der Waals surface area contributed by atoms with E-state index in [1.807, 2.05) is 0 Å². The normalized spacial score (nSPS) is 29.2. The van der Waals surface area contributed by atoms with Crippen molar-refractivity contribution in [3.63, 3.8) is 0 Å². The number of likely N-dealkylation sites (tertiary alicyclic amines) is 1. The van der Waals surface area contributed by atoms with E-state index >= 15 is 0 Å². The molecule has 6 nitrogen and oxygen atoms in total. The zero-order valence-corrected chi connectivity index (χ0v) is 11.5. The number of ether oxygens (including phenoxy) is 1. The topological polar surface area (TPSA) is 87.1 Å². The molecule has 0 aromatic rings. The Morgan fingerprint density at radius 1 is 1.32 bits per heavy atom. The van der Waals surface area contributed by atoms with Crippen molar-refractivity contribution in [3.05, 3.63) is 0 Å². The van der Waals surface area contributed by atoms with Gasteiger partial charge in [0.25, 0.3) is 0 Å². The smallest absolute Gasteiger partial charge is 0.410 e. The molecule has 0 aromatic carbocycles. The third kappa shape index (κ3) is 2.68. The fraction of sp³-hybridized carbons (Fsp3) is 0.846. The van der Waals surface area contributed by atoms with Gasteiger partial charge in [0.2, 0.25) is 0 Å². The quantitative estimate of drug-likeness (QED) is 0.745. The molecule has 1 heterocycles. The molecular weight excluding hydrogens is 250 g/mol. The number of rotatable bonds is 1. The number of aliphatic hydroxyl groups is 1. The Balaban J connectivity index is 1.98.